The van der Waals surface area contributed by atoms with E-state index in [9.17, 15) is 0 Å². The van der Waals surface area contributed by atoms with Gasteiger partial charge in [0.1, 0.15) is 0 Å². The summed E-state index contributed by atoms with van der Waals surface area (Å²) < 4.78 is 0. The fourth-order valence-electron chi connectivity index (χ4n) is 2.88. The van der Waals surface area contributed by atoms with Crippen LogP contribution in [0.1, 0.15) is 0 Å². The van der Waals surface area contributed by atoms with Crippen LogP contribution in [0, 0.1) is 0 Å². The van der Waals surface area contributed by atoms with E-state index in [-0.39, 0.29) is 0 Å². The van der Waals surface area contributed by atoms with Gasteiger partial charge in [-0.25, -0.2) is 0 Å². The van der Waals surface area contributed by atoms with E-state index in [4.69, 9.17) is 5.73 Å². The molecule has 0 radical (unpaired) electrons. The zero-order chi connectivity index (χ0) is 12.8. The Morgan fingerprint density at radius 1 is 0.526 bits per heavy atom. The lowest BCUT2D eigenvalue weighted by Crippen LogP contribution is -2.04. The fraction of sp³-hybridized carbons (Fsp3) is 0. The monoisotopic (exact) mass is 243 g/mol. The summed E-state index contributed by atoms with van der Waals surface area (Å²) in [6.07, 6.45) is 0. The van der Waals surface area contributed by atoms with Crippen molar-refractivity contribution in [3.63, 3.8) is 0 Å². The second-order valence-electron chi connectivity index (χ2n) is 4.86. The second-order valence-corrected chi connectivity index (χ2v) is 4.86. The molecule has 4 rings (SSSR count). The van der Waals surface area contributed by atoms with Crippen molar-refractivity contribution in [3.05, 3.63) is 66.7 Å². The molecule has 19 heavy (non-hydrogen) atoms. The molecule has 90 valence electrons. The Balaban J connectivity index is 1.94. The molecule has 0 amide bonds. The van der Waals surface area contributed by atoms with Gasteiger partial charge in [-0.3, -0.25) is 0 Å². The maximum atomic E-state index is 6.38. The Morgan fingerprint density at radius 2 is 1.16 bits per heavy atom. The Kier molecular flexibility index (Phi) is 2.04. The third-order valence-electron chi connectivity index (χ3n) is 3.82. The van der Waals surface area contributed by atoms with Crippen LogP contribution < -0.4 is 5.73 Å². The van der Waals surface area contributed by atoms with E-state index in [0.29, 0.717) is 0 Å². The Labute approximate surface area is 112 Å². The minimum absolute atomic E-state index is 0.891. The summed E-state index contributed by atoms with van der Waals surface area (Å²) in [7, 11) is 0. The lowest BCUT2D eigenvalue weighted by atomic mass is 9.78. The Morgan fingerprint density at radius 3 is 1.95 bits per heavy atom. The van der Waals surface area contributed by atoms with Crippen LogP contribution in [-0.4, -0.2) is 0 Å². The SMILES string of the molecule is Nc1c(-c2ccccc2)ccc2c1-c1ccccc1-2. The summed E-state index contributed by atoms with van der Waals surface area (Å²) in [6.45, 7) is 0. The smallest absolute Gasteiger partial charge is 0.0479 e. The second kappa shape index (κ2) is 3.72. The van der Waals surface area contributed by atoms with Crippen LogP contribution in [0.4, 0.5) is 5.69 Å². The number of nitrogen functional groups attached to an aromatic ring is 1. The van der Waals surface area contributed by atoms with Crippen molar-refractivity contribution in [2.75, 3.05) is 5.73 Å². The van der Waals surface area contributed by atoms with Crippen molar-refractivity contribution in [1.29, 1.82) is 0 Å². The largest absolute Gasteiger partial charge is 0.398 e. The first-order valence-corrected chi connectivity index (χ1v) is 6.44. The normalized spacial score (nSPS) is 11.4. The minimum Gasteiger partial charge on any atom is -0.398 e. The molecule has 3 aromatic carbocycles. The first-order chi connectivity index (χ1) is 9.36. The van der Waals surface area contributed by atoms with Gasteiger partial charge in [0.25, 0.3) is 0 Å². The molecule has 1 aliphatic rings. The number of anilines is 1. The molecule has 0 spiro atoms. The third kappa shape index (κ3) is 1.36. The quantitative estimate of drug-likeness (QED) is 0.486. The first kappa shape index (κ1) is 10.4. The van der Waals surface area contributed by atoms with Crippen molar-refractivity contribution < 1.29 is 0 Å². The molecule has 0 unspecified atom stereocenters. The number of benzene rings is 3. The maximum Gasteiger partial charge on any atom is 0.0479 e. The molecular weight excluding hydrogens is 230 g/mol. The van der Waals surface area contributed by atoms with Gasteiger partial charge >= 0.3 is 0 Å². The van der Waals surface area contributed by atoms with Crippen molar-refractivity contribution in [1.82, 2.24) is 0 Å². The number of hydrogen-bond acceptors (Lipinski definition) is 1. The van der Waals surface area contributed by atoms with Crippen LogP contribution in [0.5, 0.6) is 0 Å². The molecule has 0 saturated heterocycles. The molecule has 0 heterocycles. The van der Waals surface area contributed by atoms with Crippen LogP contribution in [0.2, 0.25) is 0 Å². The van der Waals surface area contributed by atoms with Gasteiger partial charge in [-0.05, 0) is 22.3 Å². The highest BCUT2D eigenvalue weighted by atomic mass is 14.6. The maximum absolute atomic E-state index is 6.38. The molecule has 0 atom stereocenters. The summed E-state index contributed by atoms with van der Waals surface area (Å²) in [6, 6.07) is 23.0. The average Bonchev–Trinajstić information content (AvgIpc) is 2.45. The predicted octanol–water partition coefficient (Wildman–Crippen LogP) is 4.58. The lowest BCUT2D eigenvalue weighted by Gasteiger charge is -2.27. The van der Waals surface area contributed by atoms with Gasteiger partial charge in [0.2, 0.25) is 0 Å². The molecule has 3 aromatic rings. The molecule has 1 nitrogen and oxygen atoms in total. The highest BCUT2D eigenvalue weighted by molar-refractivity contribution is 6.10. The van der Waals surface area contributed by atoms with Gasteiger partial charge in [-0.2, -0.15) is 0 Å². The molecule has 0 bridgehead atoms. The number of rotatable bonds is 1. The molecule has 0 aliphatic heterocycles. The van der Waals surface area contributed by atoms with Gasteiger partial charge in [-0.1, -0.05) is 66.7 Å². The zero-order valence-corrected chi connectivity index (χ0v) is 10.4. The van der Waals surface area contributed by atoms with Gasteiger partial charge < -0.3 is 5.73 Å². The zero-order valence-electron chi connectivity index (χ0n) is 10.4. The summed E-state index contributed by atoms with van der Waals surface area (Å²) in [5, 5.41) is 0. The van der Waals surface area contributed by atoms with Gasteiger partial charge in [0.15, 0.2) is 0 Å². The standard InChI is InChI=1S/C18H13N/c19-18-13(12-6-2-1-3-7-12)10-11-16-14-8-4-5-9-15(14)17(16)18/h1-11H,19H2. The predicted molar refractivity (Wildman–Crippen MR) is 80.7 cm³/mol. The molecular formula is C18H13N. The van der Waals surface area contributed by atoms with E-state index < -0.39 is 0 Å². The van der Waals surface area contributed by atoms with Crippen LogP contribution in [0.15, 0.2) is 66.7 Å². The van der Waals surface area contributed by atoms with Crippen molar-refractivity contribution >= 4 is 5.69 Å². The van der Waals surface area contributed by atoms with Crippen molar-refractivity contribution in [2.24, 2.45) is 0 Å². The average molecular weight is 243 g/mol. The van der Waals surface area contributed by atoms with E-state index >= 15 is 0 Å². The summed E-state index contributed by atoms with van der Waals surface area (Å²) >= 11 is 0. The minimum atomic E-state index is 0.891. The Bertz CT molecular complexity index is 754. The number of nitrogens with two attached hydrogens (primary N) is 1. The van der Waals surface area contributed by atoms with Gasteiger partial charge in [0.05, 0.1) is 0 Å². The Hall–Kier alpha value is -2.54. The van der Waals surface area contributed by atoms with Crippen molar-refractivity contribution in [3.8, 4) is 33.4 Å². The summed E-state index contributed by atoms with van der Waals surface area (Å²) in [5.74, 6) is 0. The van der Waals surface area contributed by atoms with Crippen LogP contribution in [0.3, 0.4) is 0 Å². The number of hydrogen-bond donors (Lipinski definition) is 1. The van der Waals surface area contributed by atoms with Gasteiger partial charge in [-0.15, -0.1) is 0 Å². The lowest BCUT2D eigenvalue weighted by molar-refractivity contribution is 1.51. The highest BCUT2D eigenvalue weighted by Crippen LogP contribution is 2.52. The van der Waals surface area contributed by atoms with Crippen LogP contribution in [0.25, 0.3) is 33.4 Å². The molecule has 0 saturated carbocycles. The van der Waals surface area contributed by atoms with Gasteiger partial charge in [0, 0.05) is 16.8 Å². The molecule has 0 aromatic heterocycles. The fourth-order valence-corrected chi connectivity index (χ4v) is 2.88. The van der Waals surface area contributed by atoms with Crippen molar-refractivity contribution in [2.45, 2.75) is 0 Å². The molecule has 0 fully saturated rings. The molecule has 2 N–H and O–H groups in total. The molecule has 1 heteroatoms. The topological polar surface area (TPSA) is 26.0 Å². The van der Waals surface area contributed by atoms with E-state index in [0.717, 1.165) is 11.3 Å². The summed E-state index contributed by atoms with van der Waals surface area (Å²) in [4.78, 5) is 0. The first-order valence-electron chi connectivity index (χ1n) is 6.44. The third-order valence-corrected chi connectivity index (χ3v) is 3.82. The highest BCUT2D eigenvalue weighted by Gasteiger charge is 2.25. The van der Waals surface area contributed by atoms with Crippen LogP contribution >= 0.6 is 0 Å². The van der Waals surface area contributed by atoms with E-state index in [1.165, 1.54) is 27.8 Å². The van der Waals surface area contributed by atoms with E-state index in [1.54, 1.807) is 0 Å². The number of fused-ring (bicyclic) bond motifs is 4. The van der Waals surface area contributed by atoms with E-state index in [2.05, 4.69) is 48.5 Å². The van der Waals surface area contributed by atoms with E-state index in [1.807, 2.05) is 18.2 Å². The van der Waals surface area contributed by atoms with Crippen LogP contribution in [-0.2, 0) is 0 Å². The molecule has 1 aliphatic carbocycles. The summed E-state index contributed by atoms with van der Waals surface area (Å²) in [5.41, 5.74) is 14.6.